The summed E-state index contributed by atoms with van der Waals surface area (Å²) in [6.07, 6.45) is 0. The molecule has 0 aromatic heterocycles. The molecule has 1 aromatic carbocycles. The van der Waals surface area contributed by atoms with Crippen molar-refractivity contribution in [2.75, 3.05) is 6.61 Å². The van der Waals surface area contributed by atoms with Crippen molar-refractivity contribution >= 4 is 31.3 Å². The Morgan fingerprint density at radius 1 is 1.53 bits per heavy atom. The fraction of sp³-hybridized carbons (Fsp3) is 0.200. The van der Waals surface area contributed by atoms with Crippen LogP contribution >= 0.6 is 22.3 Å². The molecule has 0 aliphatic heterocycles. The third-order valence-corrected chi connectivity index (χ3v) is 3.53. The van der Waals surface area contributed by atoms with Gasteiger partial charge in [-0.3, -0.25) is 0 Å². The lowest BCUT2D eigenvalue weighted by Crippen LogP contribution is -2.03. The third-order valence-electron chi connectivity index (χ3n) is 1.81. The Balaban J connectivity index is 3.08. The van der Waals surface area contributed by atoms with E-state index in [4.69, 9.17) is 27.0 Å². The molecule has 0 atom stereocenters. The third kappa shape index (κ3) is 4.18. The SMILES string of the molecule is C/C(=C/Cl)COc1ccc(F)cc1S(=O)(=O)Cl. The van der Waals surface area contributed by atoms with Gasteiger partial charge in [0, 0.05) is 16.2 Å². The van der Waals surface area contributed by atoms with Crippen LogP contribution in [0.5, 0.6) is 5.75 Å². The summed E-state index contributed by atoms with van der Waals surface area (Å²) in [4.78, 5) is -0.401. The van der Waals surface area contributed by atoms with Gasteiger partial charge in [0.05, 0.1) is 0 Å². The maximum Gasteiger partial charge on any atom is 0.265 e. The Kier molecular flexibility index (Phi) is 4.80. The van der Waals surface area contributed by atoms with E-state index in [1.54, 1.807) is 6.92 Å². The molecule has 7 heteroatoms. The van der Waals surface area contributed by atoms with Gasteiger partial charge >= 0.3 is 0 Å². The minimum Gasteiger partial charge on any atom is -0.488 e. The van der Waals surface area contributed by atoms with E-state index in [1.165, 1.54) is 11.6 Å². The molecule has 0 unspecified atom stereocenters. The van der Waals surface area contributed by atoms with Crippen molar-refractivity contribution in [3.63, 3.8) is 0 Å². The number of halogens is 3. The summed E-state index contributed by atoms with van der Waals surface area (Å²) in [6, 6.07) is 3.09. The number of hydrogen-bond acceptors (Lipinski definition) is 3. The van der Waals surface area contributed by atoms with Crippen LogP contribution < -0.4 is 4.74 Å². The standard InChI is InChI=1S/C10H9Cl2FO3S/c1-7(5-11)6-16-9-3-2-8(13)4-10(9)17(12,14)15/h2-5H,6H2,1H3/b7-5-. The maximum atomic E-state index is 12.9. The van der Waals surface area contributed by atoms with E-state index in [0.717, 1.165) is 12.1 Å². The highest BCUT2D eigenvalue weighted by atomic mass is 35.7. The molecule has 0 radical (unpaired) electrons. The molecule has 0 heterocycles. The topological polar surface area (TPSA) is 43.4 Å². The fourth-order valence-corrected chi connectivity index (χ4v) is 2.06. The van der Waals surface area contributed by atoms with E-state index >= 15 is 0 Å². The molecule has 0 fully saturated rings. The molecule has 0 saturated carbocycles. The normalized spacial score (nSPS) is 12.6. The van der Waals surface area contributed by atoms with E-state index in [0.29, 0.717) is 5.57 Å². The van der Waals surface area contributed by atoms with Crippen LogP contribution in [0.25, 0.3) is 0 Å². The molecular weight excluding hydrogens is 290 g/mol. The number of hydrogen-bond donors (Lipinski definition) is 0. The molecule has 0 aliphatic rings. The molecule has 0 spiro atoms. The van der Waals surface area contributed by atoms with E-state index in [1.807, 2.05) is 0 Å². The highest BCUT2D eigenvalue weighted by molar-refractivity contribution is 8.13. The minimum atomic E-state index is -4.06. The van der Waals surface area contributed by atoms with Crippen LogP contribution in [0, 0.1) is 5.82 Å². The van der Waals surface area contributed by atoms with Crippen LogP contribution in [0.2, 0.25) is 0 Å². The molecule has 0 amide bonds. The summed E-state index contributed by atoms with van der Waals surface area (Å²) in [7, 11) is 1.11. The predicted octanol–water partition coefficient (Wildman–Crippen LogP) is 3.27. The van der Waals surface area contributed by atoms with E-state index < -0.39 is 19.8 Å². The van der Waals surface area contributed by atoms with Crippen molar-refractivity contribution in [1.29, 1.82) is 0 Å². The molecule has 0 saturated heterocycles. The van der Waals surface area contributed by atoms with Gasteiger partial charge in [-0.2, -0.15) is 0 Å². The summed E-state index contributed by atoms with van der Waals surface area (Å²) < 4.78 is 40.5. The van der Waals surface area contributed by atoms with E-state index in [9.17, 15) is 12.8 Å². The average Bonchev–Trinajstić information content (AvgIpc) is 2.25. The quantitative estimate of drug-likeness (QED) is 0.801. The smallest absolute Gasteiger partial charge is 0.265 e. The number of ether oxygens (including phenoxy) is 1. The second-order valence-corrected chi connectivity index (χ2v) is 6.03. The molecule has 0 bridgehead atoms. The van der Waals surface area contributed by atoms with Crippen LogP contribution in [0.1, 0.15) is 6.92 Å². The van der Waals surface area contributed by atoms with Gasteiger partial charge in [0.1, 0.15) is 23.1 Å². The zero-order valence-electron chi connectivity index (χ0n) is 8.78. The fourth-order valence-electron chi connectivity index (χ4n) is 1.01. The van der Waals surface area contributed by atoms with Crippen molar-refractivity contribution in [2.45, 2.75) is 11.8 Å². The largest absolute Gasteiger partial charge is 0.488 e. The Labute approximate surface area is 108 Å². The molecule has 0 N–H and O–H groups in total. The first-order valence-electron chi connectivity index (χ1n) is 4.47. The van der Waals surface area contributed by atoms with Gasteiger partial charge in [0.15, 0.2) is 0 Å². The Morgan fingerprint density at radius 2 is 2.18 bits per heavy atom. The van der Waals surface area contributed by atoms with Crippen molar-refractivity contribution in [3.8, 4) is 5.75 Å². The molecule has 17 heavy (non-hydrogen) atoms. The van der Waals surface area contributed by atoms with Crippen LogP contribution in [0.3, 0.4) is 0 Å². The second kappa shape index (κ2) is 5.71. The van der Waals surface area contributed by atoms with Gasteiger partial charge in [0.25, 0.3) is 9.05 Å². The van der Waals surface area contributed by atoms with Crippen LogP contribution in [0.15, 0.2) is 34.2 Å². The summed E-state index contributed by atoms with van der Waals surface area (Å²) in [5.41, 5.74) is 1.99. The Bertz CT molecular complexity index is 540. The van der Waals surface area contributed by atoms with E-state index in [-0.39, 0.29) is 12.4 Å². The highest BCUT2D eigenvalue weighted by Crippen LogP contribution is 2.28. The second-order valence-electron chi connectivity index (χ2n) is 3.27. The van der Waals surface area contributed by atoms with Crippen molar-refractivity contribution in [1.82, 2.24) is 0 Å². The zero-order valence-corrected chi connectivity index (χ0v) is 11.1. The molecule has 1 rings (SSSR count). The van der Waals surface area contributed by atoms with E-state index in [2.05, 4.69) is 0 Å². The van der Waals surface area contributed by atoms with Crippen LogP contribution in [0.4, 0.5) is 4.39 Å². The van der Waals surface area contributed by atoms with Gasteiger partial charge in [-0.1, -0.05) is 11.6 Å². The number of benzene rings is 1. The van der Waals surface area contributed by atoms with Crippen LogP contribution in [-0.4, -0.2) is 15.0 Å². The monoisotopic (exact) mass is 298 g/mol. The predicted molar refractivity (Wildman–Crippen MR) is 64.5 cm³/mol. The Morgan fingerprint density at radius 3 is 2.71 bits per heavy atom. The van der Waals surface area contributed by atoms with Crippen molar-refractivity contribution in [2.24, 2.45) is 0 Å². The molecule has 0 aliphatic carbocycles. The molecular formula is C10H9Cl2FO3S. The first-order chi connectivity index (χ1) is 7.84. The zero-order chi connectivity index (χ0) is 13.1. The maximum absolute atomic E-state index is 12.9. The average molecular weight is 299 g/mol. The Hall–Kier alpha value is -0.780. The van der Waals surface area contributed by atoms with Crippen LogP contribution in [-0.2, 0) is 9.05 Å². The number of rotatable bonds is 4. The lowest BCUT2D eigenvalue weighted by atomic mass is 10.3. The lowest BCUT2D eigenvalue weighted by molar-refractivity contribution is 0.342. The van der Waals surface area contributed by atoms with Crippen molar-refractivity contribution in [3.05, 3.63) is 35.1 Å². The lowest BCUT2D eigenvalue weighted by Gasteiger charge is -2.09. The highest BCUT2D eigenvalue weighted by Gasteiger charge is 2.18. The van der Waals surface area contributed by atoms with Gasteiger partial charge in [-0.15, -0.1) is 0 Å². The van der Waals surface area contributed by atoms with Crippen molar-refractivity contribution < 1.29 is 17.5 Å². The van der Waals surface area contributed by atoms with Gasteiger partial charge in [-0.25, -0.2) is 12.8 Å². The first-order valence-corrected chi connectivity index (χ1v) is 7.22. The summed E-state index contributed by atoms with van der Waals surface area (Å²) >= 11 is 5.43. The van der Waals surface area contributed by atoms with Gasteiger partial charge in [0.2, 0.25) is 0 Å². The summed E-state index contributed by atoms with van der Waals surface area (Å²) in [5.74, 6) is -0.722. The van der Waals surface area contributed by atoms with Gasteiger partial charge in [-0.05, 0) is 30.7 Å². The molecule has 94 valence electrons. The first kappa shape index (κ1) is 14.3. The summed E-state index contributed by atoms with van der Waals surface area (Å²) in [6.45, 7) is 1.79. The molecule has 3 nitrogen and oxygen atoms in total. The summed E-state index contributed by atoms with van der Waals surface area (Å²) in [5, 5.41) is 0. The molecule has 1 aromatic rings. The minimum absolute atomic E-state index is 0.0146. The van der Waals surface area contributed by atoms with Gasteiger partial charge < -0.3 is 4.74 Å².